The van der Waals surface area contributed by atoms with Crippen molar-refractivity contribution in [2.75, 3.05) is 26.3 Å². The second-order valence-electron chi connectivity index (χ2n) is 8.63. The minimum atomic E-state index is -0.426. The summed E-state index contributed by atoms with van der Waals surface area (Å²) < 4.78 is 5.86. The fourth-order valence-electron chi connectivity index (χ4n) is 5.22. The predicted molar refractivity (Wildman–Crippen MR) is 121 cm³/mol. The molecule has 0 radical (unpaired) electrons. The van der Waals surface area contributed by atoms with E-state index in [1.807, 2.05) is 42.5 Å². The summed E-state index contributed by atoms with van der Waals surface area (Å²) in [6.45, 7) is 1.47. The van der Waals surface area contributed by atoms with Gasteiger partial charge in [0.05, 0.1) is 6.61 Å². The summed E-state index contributed by atoms with van der Waals surface area (Å²) in [6.07, 6.45) is 1.41. The lowest BCUT2D eigenvalue weighted by atomic mass is 9.75. The quantitative estimate of drug-likeness (QED) is 0.658. The fraction of sp³-hybridized carbons (Fsp3) is 0.296. The number of aliphatic hydroxyl groups excluding tert-OH is 1. The van der Waals surface area contributed by atoms with E-state index in [0.717, 1.165) is 18.4 Å². The van der Waals surface area contributed by atoms with Gasteiger partial charge in [0.2, 0.25) is 0 Å². The Morgan fingerprint density at radius 3 is 2.19 bits per heavy atom. The second-order valence-corrected chi connectivity index (χ2v) is 8.63. The topological polar surface area (TPSA) is 49.8 Å². The van der Waals surface area contributed by atoms with E-state index in [-0.39, 0.29) is 18.6 Å². The molecule has 1 atom stereocenters. The molecule has 1 aliphatic heterocycles. The zero-order chi connectivity index (χ0) is 21.3. The zero-order valence-electron chi connectivity index (χ0n) is 17.5. The number of likely N-dealkylation sites (tertiary alicyclic amines) is 1. The van der Waals surface area contributed by atoms with Gasteiger partial charge in [0.1, 0.15) is 6.61 Å². The van der Waals surface area contributed by atoms with Gasteiger partial charge in [0, 0.05) is 24.4 Å². The van der Waals surface area contributed by atoms with Gasteiger partial charge in [-0.15, -0.1) is 0 Å². The molecule has 1 saturated heterocycles. The van der Waals surface area contributed by atoms with Crippen LogP contribution in [0, 0.1) is 0 Å². The molecular weight excluding hydrogens is 386 g/mol. The summed E-state index contributed by atoms with van der Waals surface area (Å²) in [5, 5.41) is 10.2. The number of fused-ring (bicyclic) bond motifs is 3. The van der Waals surface area contributed by atoms with Gasteiger partial charge in [-0.25, -0.2) is 4.79 Å². The molecule has 0 spiro atoms. The average Bonchev–Trinajstić information content (AvgIpc) is 3.17. The molecule has 3 aromatic carbocycles. The van der Waals surface area contributed by atoms with Crippen molar-refractivity contribution in [3.05, 3.63) is 95.6 Å². The average molecular weight is 414 g/mol. The minimum Gasteiger partial charge on any atom is -0.448 e. The first-order chi connectivity index (χ1) is 15.2. The summed E-state index contributed by atoms with van der Waals surface area (Å²) in [7, 11) is 0. The molecule has 1 heterocycles. The molecule has 158 valence electrons. The maximum Gasteiger partial charge on any atom is 0.409 e. The largest absolute Gasteiger partial charge is 0.448 e. The van der Waals surface area contributed by atoms with Crippen molar-refractivity contribution in [1.82, 2.24) is 4.90 Å². The van der Waals surface area contributed by atoms with Crippen LogP contribution in [0.1, 0.15) is 35.4 Å². The third kappa shape index (κ3) is 3.51. The van der Waals surface area contributed by atoms with E-state index in [9.17, 15) is 9.90 Å². The number of rotatable bonds is 4. The van der Waals surface area contributed by atoms with Crippen molar-refractivity contribution in [3.8, 4) is 11.1 Å². The van der Waals surface area contributed by atoms with Gasteiger partial charge >= 0.3 is 6.09 Å². The van der Waals surface area contributed by atoms with Crippen molar-refractivity contribution in [2.45, 2.75) is 24.2 Å². The third-order valence-corrected chi connectivity index (χ3v) is 6.86. The lowest BCUT2D eigenvalue weighted by Crippen LogP contribution is -2.50. The van der Waals surface area contributed by atoms with Crippen LogP contribution in [0.4, 0.5) is 4.79 Å². The number of carbonyl (C=O) groups excluding carboxylic acids is 1. The van der Waals surface area contributed by atoms with Crippen molar-refractivity contribution in [1.29, 1.82) is 0 Å². The predicted octanol–water partition coefficient (Wildman–Crippen LogP) is 4.96. The number of hydrogen-bond donors (Lipinski definition) is 1. The number of ether oxygens (including phenoxy) is 1. The van der Waals surface area contributed by atoms with Crippen LogP contribution in [-0.4, -0.2) is 42.4 Å². The van der Waals surface area contributed by atoms with Gasteiger partial charge in [-0.05, 0) is 40.7 Å². The van der Waals surface area contributed by atoms with Crippen LogP contribution in [0.2, 0.25) is 0 Å². The highest BCUT2D eigenvalue weighted by molar-refractivity contribution is 5.79. The second kappa shape index (κ2) is 8.20. The van der Waals surface area contributed by atoms with Gasteiger partial charge in [-0.1, -0.05) is 78.9 Å². The van der Waals surface area contributed by atoms with Gasteiger partial charge in [-0.2, -0.15) is 0 Å². The Balaban J connectivity index is 1.32. The van der Waals surface area contributed by atoms with E-state index in [2.05, 4.69) is 36.4 Å². The molecule has 1 fully saturated rings. The molecule has 5 rings (SSSR count). The molecule has 3 aromatic rings. The molecular formula is C27H27NO3. The van der Waals surface area contributed by atoms with E-state index in [0.29, 0.717) is 19.7 Å². The van der Waals surface area contributed by atoms with E-state index >= 15 is 0 Å². The first-order valence-corrected chi connectivity index (χ1v) is 11.0. The normalized spacial score (nSPS) is 20.2. The third-order valence-electron chi connectivity index (χ3n) is 6.86. The molecule has 0 bridgehead atoms. The molecule has 0 aromatic heterocycles. The van der Waals surface area contributed by atoms with Crippen LogP contribution in [-0.2, 0) is 10.2 Å². The number of aliphatic hydroxyl groups is 1. The maximum atomic E-state index is 13.0. The maximum absolute atomic E-state index is 13.0. The van der Waals surface area contributed by atoms with E-state index < -0.39 is 5.41 Å². The number of amides is 1. The lowest BCUT2D eigenvalue weighted by Gasteiger charge is -2.41. The van der Waals surface area contributed by atoms with Gasteiger partial charge in [-0.3, -0.25) is 0 Å². The number of piperidine rings is 1. The smallest absolute Gasteiger partial charge is 0.409 e. The fourth-order valence-corrected chi connectivity index (χ4v) is 5.22. The Morgan fingerprint density at radius 1 is 0.935 bits per heavy atom. The van der Waals surface area contributed by atoms with Crippen LogP contribution in [0.15, 0.2) is 78.9 Å². The Hall–Kier alpha value is -3.11. The van der Waals surface area contributed by atoms with Crippen molar-refractivity contribution in [2.24, 2.45) is 0 Å². The summed E-state index contributed by atoms with van der Waals surface area (Å²) in [4.78, 5) is 14.8. The zero-order valence-corrected chi connectivity index (χ0v) is 17.5. The Labute approximate surface area is 183 Å². The molecule has 1 aliphatic carbocycles. The van der Waals surface area contributed by atoms with E-state index in [1.165, 1.54) is 22.3 Å². The van der Waals surface area contributed by atoms with E-state index in [4.69, 9.17) is 4.74 Å². The van der Waals surface area contributed by atoms with E-state index in [1.54, 1.807) is 4.90 Å². The van der Waals surface area contributed by atoms with Gasteiger partial charge in [0.25, 0.3) is 0 Å². The van der Waals surface area contributed by atoms with Crippen LogP contribution < -0.4 is 0 Å². The van der Waals surface area contributed by atoms with Gasteiger partial charge < -0.3 is 14.7 Å². The SMILES string of the molecule is O=C(OCC1c2ccccc2-c2ccccc21)N1CCCC(CO)(c2ccccc2)C1. The highest BCUT2D eigenvalue weighted by atomic mass is 16.6. The van der Waals surface area contributed by atoms with Crippen molar-refractivity contribution in [3.63, 3.8) is 0 Å². The Kier molecular flexibility index (Phi) is 5.24. The summed E-state index contributed by atoms with van der Waals surface area (Å²) in [6, 6.07) is 26.7. The highest BCUT2D eigenvalue weighted by Gasteiger charge is 2.39. The number of nitrogens with zero attached hydrogens (tertiary/aromatic N) is 1. The summed E-state index contributed by atoms with van der Waals surface area (Å²) >= 11 is 0. The standard InChI is InChI=1S/C27H27NO3/c29-19-27(20-9-2-1-3-10-20)15-8-16-28(18-27)26(30)31-17-25-23-13-6-4-11-21(23)22-12-5-7-14-24(22)25/h1-7,9-14,25,29H,8,15-19H2. The van der Waals surface area contributed by atoms with Crippen LogP contribution in [0.5, 0.6) is 0 Å². The molecule has 4 heteroatoms. The molecule has 2 aliphatic rings. The van der Waals surface area contributed by atoms with Gasteiger partial charge in [0.15, 0.2) is 0 Å². The number of benzene rings is 3. The lowest BCUT2D eigenvalue weighted by molar-refractivity contribution is 0.0581. The molecule has 31 heavy (non-hydrogen) atoms. The van der Waals surface area contributed by atoms with Crippen molar-refractivity contribution < 1.29 is 14.6 Å². The first kappa shape index (κ1) is 19.8. The number of carbonyl (C=O) groups is 1. The number of hydrogen-bond acceptors (Lipinski definition) is 3. The molecule has 0 saturated carbocycles. The molecule has 1 amide bonds. The minimum absolute atomic E-state index is 0.0180. The Morgan fingerprint density at radius 2 is 1.55 bits per heavy atom. The highest BCUT2D eigenvalue weighted by Crippen LogP contribution is 2.44. The molecule has 1 N–H and O–H groups in total. The molecule has 4 nitrogen and oxygen atoms in total. The first-order valence-electron chi connectivity index (χ1n) is 11.0. The summed E-state index contributed by atoms with van der Waals surface area (Å²) in [5.74, 6) is 0.0536. The van der Waals surface area contributed by atoms with Crippen molar-refractivity contribution >= 4 is 6.09 Å². The monoisotopic (exact) mass is 413 g/mol. The molecule has 1 unspecified atom stereocenters. The van der Waals surface area contributed by atoms with Crippen LogP contribution in [0.25, 0.3) is 11.1 Å². The summed E-state index contributed by atoms with van der Waals surface area (Å²) in [5.41, 5.74) is 5.52. The van der Waals surface area contributed by atoms with Crippen LogP contribution >= 0.6 is 0 Å². The Bertz CT molecular complexity index is 1040. The van der Waals surface area contributed by atoms with Crippen LogP contribution in [0.3, 0.4) is 0 Å².